The fraction of sp³-hybridized carbons (Fsp3) is 0.600. The maximum absolute atomic E-state index is 12.7. The van der Waals surface area contributed by atoms with Gasteiger partial charge in [-0.1, -0.05) is 25.3 Å². The minimum absolute atomic E-state index is 0.0375. The van der Waals surface area contributed by atoms with Crippen LogP contribution >= 0.6 is 0 Å². The third-order valence-electron chi connectivity index (χ3n) is 3.86. The van der Waals surface area contributed by atoms with E-state index in [0.717, 1.165) is 18.4 Å². The van der Waals surface area contributed by atoms with Gasteiger partial charge in [-0.05, 0) is 31.4 Å². The van der Waals surface area contributed by atoms with E-state index < -0.39 is 0 Å². The zero-order chi connectivity index (χ0) is 13.7. The monoisotopic (exact) mass is 261 g/mol. The Bertz CT molecular complexity index is 427. The van der Waals surface area contributed by atoms with Gasteiger partial charge in [0.25, 0.3) is 5.91 Å². The molecule has 19 heavy (non-hydrogen) atoms. The van der Waals surface area contributed by atoms with Crippen molar-refractivity contribution in [1.82, 2.24) is 9.88 Å². The maximum Gasteiger partial charge on any atom is 0.273 e. The van der Waals surface area contributed by atoms with Crippen molar-refractivity contribution in [3.05, 3.63) is 29.6 Å². The predicted molar refractivity (Wildman–Crippen MR) is 75.9 cm³/mol. The van der Waals surface area contributed by atoms with Crippen LogP contribution in [0.4, 0.5) is 0 Å². The van der Waals surface area contributed by atoms with Gasteiger partial charge >= 0.3 is 0 Å². The summed E-state index contributed by atoms with van der Waals surface area (Å²) in [6.07, 6.45) is 7.57. The van der Waals surface area contributed by atoms with Crippen molar-refractivity contribution in [2.24, 2.45) is 5.73 Å². The standard InChI is InChI=1S/C15H23N3O/c1-12-6-5-10-17-14(12)15(19)18(11-9-16)13-7-3-2-4-8-13/h5-6,10,13H,2-4,7-9,11,16H2,1H3. The molecule has 2 N–H and O–H groups in total. The lowest BCUT2D eigenvalue weighted by Crippen LogP contribution is -2.44. The van der Waals surface area contributed by atoms with Crippen LogP contribution < -0.4 is 5.73 Å². The number of pyridine rings is 1. The van der Waals surface area contributed by atoms with Gasteiger partial charge in [-0.25, -0.2) is 0 Å². The first kappa shape index (κ1) is 14.0. The first-order valence-corrected chi connectivity index (χ1v) is 7.16. The molecule has 104 valence electrons. The van der Waals surface area contributed by atoms with Crippen LogP contribution in [0.2, 0.25) is 0 Å². The number of carbonyl (C=O) groups excluding carboxylic acids is 1. The number of carbonyl (C=O) groups is 1. The minimum atomic E-state index is 0.0375. The molecule has 0 saturated heterocycles. The molecule has 1 heterocycles. The number of hydrogen-bond donors (Lipinski definition) is 1. The predicted octanol–water partition coefficient (Wildman–Crippen LogP) is 2.12. The van der Waals surface area contributed by atoms with E-state index in [9.17, 15) is 4.79 Å². The SMILES string of the molecule is Cc1cccnc1C(=O)N(CCN)C1CCCCC1. The topological polar surface area (TPSA) is 59.2 Å². The van der Waals surface area contributed by atoms with Crippen LogP contribution in [0.15, 0.2) is 18.3 Å². The summed E-state index contributed by atoms with van der Waals surface area (Å²) in [5, 5.41) is 0. The van der Waals surface area contributed by atoms with Crippen LogP contribution in [-0.2, 0) is 0 Å². The number of nitrogens with two attached hydrogens (primary N) is 1. The van der Waals surface area contributed by atoms with Crippen molar-refractivity contribution in [1.29, 1.82) is 0 Å². The van der Waals surface area contributed by atoms with Crippen LogP contribution in [0, 0.1) is 6.92 Å². The summed E-state index contributed by atoms with van der Waals surface area (Å²) in [7, 11) is 0. The third kappa shape index (κ3) is 3.32. The molecular formula is C15H23N3O. The molecule has 1 fully saturated rings. The molecule has 0 bridgehead atoms. The molecule has 0 spiro atoms. The van der Waals surface area contributed by atoms with Gasteiger partial charge in [0.1, 0.15) is 5.69 Å². The van der Waals surface area contributed by atoms with Gasteiger partial charge in [-0.3, -0.25) is 9.78 Å². The van der Waals surface area contributed by atoms with Gasteiger partial charge < -0.3 is 10.6 Å². The van der Waals surface area contributed by atoms with Gasteiger partial charge in [0.05, 0.1) is 0 Å². The molecule has 2 rings (SSSR count). The molecule has 1 aromatic heterocycles. The van der Waals surface area contributed by atoms with Gasteiger partial charge in [-0.2, -0.15) is 0 Å². The Morgan fingerprint density at radius 2 is 2.16 bits per heavy atom. The molecule has 1 aliphatic carbocycles. The summed E-state index contributed by atoms with van der Waals surface area (Å²) in [6.45, 7) is 3.06. The second-order valence-corrected chi connectivity index (χ2v) is 5.25. The highest BCUT2D eigenvalue weighted by Crippen LogP contribution is 2.24. The zero-order valence-corrected chi connectivity index (χ0v) is 11.6. The molecule has 1 amide bonds. The average molecular weight is 261 g/mol. The van der Waals surface area contributed by atoms with E-state index in [0.29, 0.717) is 24.8 Å². The van der Waals surface area contributed by atoms with Crippen molar-refractivity contribution >= 4 is 5.91 Å². The number of nitrogens with zero attached hydrogens (tertiary/aromatic N) is 2. The fourth-order valence-corrected chi connectivity index (χ4v) is 2.83. The van der Waals surface area contributed by atoms with Gasteiger partial charge in [-0.15, -0.1) is 0 Å². The number of amides is 1. The maximum atomic E-state index is 12.7. The van der Waals surface area contributed by atoms with Crippen LogP contribution in [0.3, 0.4) is 0 Å². The van der Waals surface area contributed by atoms with Crippen molar-refractivity contribution in [2.45, 2.75) is 45.1 Å². The number of aromatic nitrogens is 1. The Morgan fingerprint density at radius 3 is 2.79 bits per heavy atom. The lowest BCUT2D eigenvalue weighted by molar-refractivity contribution is 0.0635. The lowest BCUT2D eigenvalue weighted by Gasteiger charge is -2.34. The molecule has 0 aliphatic heterocycles. The van der Waals surface area contributed by atoms with Crippen molar-refractivity contribution in [3.8, 4) is 0 Å². The van der Waals surface area contributed by atoms with E-state index in [1.807, 2.05) is 24.0 Å². The summed E-state index contributed by atoms with van der Waals surface area (Å²) in [5.41, 5.74) is 7.18. The summed E-state index contributed by atoms with van der Waals surface area (Å²) < 4.78 is 0. The molecular weight excluding hydrogens is 238 g/mol. The Kier molecular flexibility index (Phi) is 4.91. The van der Waals surface area contributed by atoms with Crippen molar-refractivity contribution < 1.29 is 4.79 Å². The first-order valence-electron chi connectivity index (χ1n) is 7.16. The molecule has 0 radical (unpaired) electrons. The molecule has 4 heteroatoms. The summed E-state index contributed by atoms with van der Waals surface area (Å²) in [5.74, 6) is 0.0375. The van der Waals surface area contributed by atoms with Gasteiger partial charge in [0.2, 0.25) is 0 Å². The Labute approximate surface area is 115 Å². The summed E-state index contributed by atoms with van der Waals surface area (Å²) in [4.78, 5) is 18.8. The second kappa shape index (κ2) is 6.66. The van der Waals surface area contributed by atoms with E-state index in [4.69, 9.17) is 5.73 Å². The largest absolute Gasteiger partial charge is 0.333 e. The van der Waals surface area contributed by atoms with Crippen LogP contribution in [0.25, 0.3) is 0 Å². The molecule has 0 atom stereocenters. The average Bonchev–Trinajstić information content (AvgIpc) is 2.45. The quantitative estimate of drug-likeness (QED) is 0.903. The number of hydrogen-bond acceptors (Lipinski definition) is 3. The fourth-order valence-electron chi connectivity index (χ4n) is 2.83. The Hall–Kier alpha value is -1.42. The van der Waals surface area contributed by atoms with Gasteiger partial charge in [0.15, 0.2) is 0 Å². The number of rotatable bonds is 4. The first-order chi connectivity index (χ1) is 9.24. The van der Waals surface area contributed by atoms with Crippen LogP contribution in [0.5, 0.6) is 0 Å². The van der Waals surface area contributed by atoms with Crippen molar-refractivity contribution in [3.63, 3.8) is 0 Å². The van der Waals surface area contributed by atoms with E-state index in [2.05, 4.69) is 4.98 Å². The molecule has 0 aromatic carbocycles. The van der Waals surface area contributed by atoms with Gasteiger partial charge in [0, 0.05) is 25.3 Å². The molecule has 1 saturated carbocycles. The molecule has 1 aliphatic rings. The van der Waals surface area contributed by atoms with E-state index in [1.54, 1.807) is 6.20 Å². The van der Waals surface area contributed by atoms with E-state index in [-0.39, 0.29) is 5.91 Å². The Morgan fingerprint density at radius 1 is 1.42 bits per heavy atom. The minimum Gasteiger partial charge on any atom is -0.333 e. The van der Waals surface area contributed by atoms with Crippen LogP contribution in [0.1, 0.15) is 48.2 Å². The normalized spacial score (nSPS) is 16.3. The van der Waals surface area contributed by atoms with E-state index >= 15 is 0 Å². The Balaban J connectivity index is 2.18. The highest BCUT2D eigenvalue weighted by molar-refractivity contribution is 5.93. The smallest absolute Gasteiger partial charge is 0.273 e. The summed E-state index contributed by atoms with van der Waals surface area (Å²) >= 11 is 0. The number of aryl methyl sites for hydroxylation is 1. The van der Waals surface area contributed by atoms with Crippen LogP contribution in [-0.4, -0.2) is 34.9 Å². The second-order valence-electron chi connectivity index (χ2n) is 5.25. The highest BCUT2D eigenvalue weighted by atomic mass is 16.2. The molecule has 1 aromatic rings. The van der Waals surface area contributed by atoms with E-state index in [1.165, 1.54) is 19.3 Å². The lowest BCUT2D eigenvalue weighted by atomic mass is 9.93. The zero-order valence-electron chi connectivity index (χ0n) is 11.6. The highest BCUT2D eigenvalue weighted by Gasteiger charge is 2.27. The third-order valence-corrected chi connectivity index (χ3v) is 3.86. The summed E-state index contributed by atoms with van der Waals surface area (Å²) in [6, 6.07) is 4.13. The van der Waals surface area contributed by atoms with Crippen molar-refractivity contribution in [2.75, 3.05) is 13.1 Å². The molecule has 4 nitrogen and oxygen atoms in total. The molecule has 0 unspecified atom stereocenters.